The molecule has 2 heterocycles. The fraction of sp³-hybridized carbons (Fsp3) is 0.158. The number of hydrogen-bond acceptors (Lipinski definition) is 4. The van der Waals surface area contributed by atoms with Crippen LogP contribution >= 0.6 is 11.8 Å². The first-order valence-corrected chi connectivity index (χ1v) is 8.71. The van der Waals surface area contributed by atoms with Gasteiger partial charge in [0.15, 0.2) is 0 Å². The molecule has 0 aliphatic carbocycles. The van der Waals surface area contributed by atoms with Gasteiger partial charge in [0.05, 0.1) is 12.5 Å². The fourth-order valence-corrected chi connectivity index (χ4v) is 3.11. The van der Waals surface area contributed by atoms with Crippen molar-refractivity contribution in [2.24, 2.45) is 0 Å². The Kier molecular flexibility index (Phi) is 5.69. The third kappa shape index (κ3) is 4.73. The van der Waals surface area contributed by atoms with Gasteiger partial charge in [0.1, 0.15) is 0 Å². The molecule has 0 unspecified atom stereocenters. The van der Waals surface area contributed by atoms with Crippen LogP contribution in [-0.2, 0) is 11.3 Å². The van der Waals surface area contributed by atoms with E-state index in [0.717, 1.165) is 22.4 Å². The van der Waals surface area contributed by atoms with Crippen molar-refractivity contribution in [2.75, 3.05) is 5.75 Å². The Bertz CT molecular complexity index is 773. The Hall–Kier alpha value is -2.53. The second kappa shape index (κ2) is 8.36. The lowest BCUT2D eigenvalue weighted by molar-refractivity contribution is -0.120. The van der Waals surface area contributed by atoms with E-state index >= 15 is 0 Å². The van der Waals surface area contributed by atoms with Crippen LogP contribution in [0.15, 0.2) is 76.7 Å². The molecule has 0 fully saturated rings. The number of nitrogens with zero attached hydrogens (tertiary/aromatic N) is 1. The van der Waals surface area contributed by atoms with E-state index in [1.807, 2.05) is 30.3 Å². The van der Waals surface area contributed by atoms with Crippen molar-refractivity contribution in [1.82, 2.24) is 10.3 Å². The average molecular weight is 338 g/mol. The molecular weight excluding hydrogens is 320 g/mol. The van der Waals surface area contributed by atoms with Crippen LogP contribution in [0.4, 0.5) is 0 Å². The minimum atomic E-state index is 0.0483. The largest absolute Gasteiger partial charge is 0.472 e. The Morgan fingerprint density at radius 3 is 2.79 bits per heavy atom. The molecule has 0 saturated heterocycles. The molecule has 0 spiro atoms. The van der Waals surface area contributed by atoms with Crippen molar-refractivity contribution in [2.45, 2.75) is 17.9 Å². The monoisotopic (exact) mass is 338 g/mol. The van der Waals surface area contributed by atoms with Gasteiger partial charge in [-0.3, -0.25) is 9.78 Å². The van der Waals surface area contributed by atoms with Crippen molar-refractivity contribution in [1.29, 1.82) is 0 Å². The number of furan rings is 1. The lowest BCUT2D eigenvalue weighted by atomic mass is 10.1. The van der Waals surface area contributed by atoms with Gasteiger partial charge in [-0.25, -0.2) is 0 Å². The maximum atomic E-state index is 12.0. The zero-order valence-corrected chi connectivity index (χ0v) is 14.0. The second-order valence-corrected chi connectivity index (χ2v) is 6.45. The minimum Gasteiger partial charge on any atom is -0.472 e. The van der Waals surface area contributed by atoms with E-state index in [9.17, 15) is 4.79 Å². The Morgan fingerprint density at radius 2 is 2.00 bits per heavy atom. The molecular formula is C19H18N2O2S. The SMILES string of the molecule is O=C(CCSc1ccccc1)NCc1cncc(-c2ccoc2)c1. The minimum absolute atomic E-state index is 0.0483. The summed E-state index contributed by atoms with van der Waals surface area (Å²) < 4.78 is 5.09. The molecule has 0 radical (unpaired) electrons. The first-order valence-electron chi connectivity index (χ1n) is 7.72. The molecule has 0 bridgehead atoms. The van der Waals surface area contributed by atoms with E-state index in [1.165, 1.54) is 4.90 Å². The number of carbonyl (C=O) groups is 1. The molecule has 3 aromatic rings. The third-order valence-corrected chi connectivity index (χ3v) is 4.49. The highest BCUT2D eigenvalue weighted by molar-refractivity contribution is 7.99. The molecule has 2 aromatic heterocycles. The van der Waals surface area contributed by atoms with Crippen LogP contribution in [0.2, 0.25) is 0 Å². The van der Waals surface area contributed by atoms with Gasteiger partial charge in [-0.1, -0.05) is 18.2 Å². The Balaban J connectivity index is 1.45. The molecule has 0 aliphatic rings. The molecule has 24 heavy (non-hydrogen) atoms. The van der Waals surface area contributed by atoms with Crippen molar-refractivity contribution >= 4 is 17.7 Å². The van der Waals surface area contributed by atoms with Gasteiger partial charge in [0.2, 0.25) is 5.91 Å². The number of benzene rings is 1. The fourth-order valence-electron chi connectivity index (χ4n) is 2.24. The highest BCUT2D eigenvalue weighted by Gasteiger charge is 2.05. The van der Waals surface area contributed by atoms with Crippen molar-refractivity contribution in [3.05, 3.63) is 72.9 Å². The van der Waals surface area contributed by atoms with Gasteiger partial charge in [-0.2, -0.15) is 0 Å². The summed E-state index contributed by atoms with van der Waals surface area (Å²) in [5.74, 6) is 0.815. The summed E-state index contributed by atoms with van der Waals surface area (Å²) in [6, 6.07) is 14.0. The van der Waals surface area contributed by atoms with E-state index < -0.39 is 0 Å². The molecule has 122 valence electrons. The summed E-state index contributed by atoms with van der Waals surface area (Å²) in [4.78, 5) is 17.4. The van der Waals surface area contributed by atoms with Crippen molar-refractivity contribution in [3.8, 4) is 11.1 Å². The number of hydrogen-bond donors (Lipinski definition) is 1. The number of aromatic nitrogens is 1. The second-order valence-electron chi connectivity index (χ2n) is 5.28. The summed E-state index contributed by atoms with van der Waals surface area (Å²) in [6.07, 6.45) is 7.36. The molecule has 4 nitrogen and oxygen atoms in total. The van der Waals surface area contributed by atoms with E-state index in [4.69, 9.17) is 4.42 Å². The van der Waals surface area contributed by atoms with Crippen molar-refractivity contribution in [3.63, 3.8) is 0 Å². The van der Waals surface area contributed by atoms with Crippen LogP contribution in [0, 0.1) is 0 Å². The Morgan fingerprint density at radius 1 is 1.12 bits per heavy atom. The van der Waals surface area contributed by atoms with Gasteiger partial charge < -0.3 is 9.73 Å². The van der Waals surface area contributed by atoms with Crippen LogP contribution in [0.25, 0.3) is 11.1 Å². The van der Waals surface area contributed by atoms with Crippen LogP contribution in [0.3, 0.4) is 0 Å². The molecule has 0 atom stereocenters. The number of pyridine rings is 1. The lowest BCUT2D eigenvalue weighted by Crippen LogP contribution is -2.23. The number of carbonyl (C=O) groups excluding carboxylic acids is 1. The molecule has 0 saturated carbocycles. The normalized spacial score (nSPS) is 10.5. The predicted octanol–water partition coefficient (Wildman–Crippen LogP) is 4.14. The summed E-state index contributed by atoms with van der Waals surface area (Å²) in [5.41, 5.74) is 2.93. The topological polar surface area (TPSA) is 55.1 Å². The number of nitrogens with one attached hydrogen (secondary N) is 1. The summed E-state index contributed by atoms with van der Waals surface area (Å²) in [5, 5.41) is 2.94. The number of thioether (sulfide) groups is 1. The van der Waals surface area contributed by atoms with Crippen LogP contribution < -0.4 is 5.32 Å². The van der Waals surface area contributed by atoms with Gasteiger partial charge in [0, 0.05) is 47.1 Å². The van der Waals surface area contributed by atoms with Gasteiger partial charge >= 0.3 is 0 Å². The highest BCUT2D eigenvalue weighted by atomic mass is 32.2. The maximum Gasteiger partial charge on any atom is 0.221 e. The van der Waals surface area contributed by atoms with Crippen LogP contribution in [0.1, 0.15) is 12.0 Å². The summed E-state index contributed by atoms with van der Waals surface area (Å²) in [7, 11) is 0. The van der Waals surface area contributed by atoms with Crippen LogP contribution in [0.5, 0.6) is 0 Å². The van der Waals surface area contributed by atoms with E-state index in [-0.39, 0.29) is 5.91 Å². The molecule has 1 amide bonds. The van der Waals surface area contributed by atoms with Crippen LogP contribution in [-0.4, -0.2) is 16.6 Å². The van der Waals surface area contributed by atoms with E-state index in [1.54, 1.807) is 36.7 Å². The molecule has 1 aromatic carbocycles. The predicted molar refractivity (Wildman–Crippen MR) is 95.6 cm³/mol. The first-order chi connectivity index (χ1) is 11.8. The Labute approximate surface area is 145 Å². The third-order valence-electron chi connectivity index (χ3n) is 3.48. The summed E-state index contributed by atoms with van der Waals surface area (Å²) >= 11 is 1.69. The zero-order valence-electron chi connectivity index (χ0n) is 13.1. The summed E-state index contributed by atoms with van der Waals surface area (Å²) in [6.45, 7) is 0.480. The maximum absolute atomic E-state index is 12.0. The van der Waals surface area contributed by atoms with Gasteiger partial charge in [0.25, 0.3) is 0 Å². The molecule has 0 aliphatic heterocycles. The smallest absolute Gasteiger partial charge is 0.221 e. The number of amides is 1. The highest BCUT2D eigenvalue weighted by Crippen LogP contribution is 2.20. The van der Waals surface area contributed by atoms with E-state index in [2.05, 4.69) is 22.4 Å². The van der Waals surface area contributed by atoms with Gasteiger partial charge in [-0.15, -0.1) is 11.8 Å². The standard InChI is InChI=1S/C19H18N2O2S/c22-19(7-9-24-18-4-2-1-3-5-18)21-12-15-10-17(13-20-11-15)16-6-8-23-14-16/h1-6,8,10-11,13-14H,7,9,12H2,(H,21,22). The quantitative estimate of drug-likeness (QED) is 0.658. The lowest BCUT2D eigenvalue weighted by Gasteiger charge is -2.06. The number of rotatable bonds is 7. The average Bonchev–Trinajstić information content (AvgIpc) is 3.16. The molecule has 3 rings (SSSR count). The van der Waals surface area contributed by atoms with Gasteiger partial charge in [-0.05, 0) is 29.8 Å². The first kappa shape index (κ1) is 16.3. The zero-order chi connectivity index (χ0) is 16.6. The molecule has 5 heteroatoms. The van der Waals surface area contributed by atoms with E-state index in [0.29, 0.717) is 13.0 Å². The van der Waals surface area contributed by atoms with Crippen molar-refractivity contribution < 1.29 is 9.21 Å². The molecule has 1 N–H and O–H groups in total.